The van der Waals surface area contributed by atoms with E-state index in [2.05, 4.69) is 0 Å². The van der Waals surface area contributed by atoms with Gasteiger partial charge in [-0.15, -0.1) is 4.52 Å². The summed E-state index contributed by atoms with van der Waals surface area (Å²) in [6.45, 7) is 7.46. The Hall–Kier alpha value is 0.970. The Balaban J connectivity index is 2.41. The molecule has 0 amide bonds. The maximum Gasteiger partial charge on any atom is 0.530 e. The van der Waals surface area contributed by atoms with Crippen molar-refractivity contribution in [1.82, 2.24) is 0 Å². The molecular weight excluding hydrogens is 338 g/mol. The third kappa shape index (κ3) is 6.82. The summed E-state index contributed by atoms with van der Waals surface area (Å²) in [7, 11) is 0.122. The van der Waals surface area contributed by atoms with E-state index in [9.17, 15) is 0 Å². The molecule has 1 unspecified atom stereocenters. The molecule has 1 heterocycles. The molecule has 0 saturated carbocycles. The van der Waals surface area contributed by atoms with Crippen LogP contribution in [0.1, 0.15) is 27.7 Å². The van der Waals surface area contributed by atoms with Gasteiger partial charge in [0.05, 0.1) is 19.8 Å². The van der Waals surface area contributed by atoms with Gasteiger partial charge in [-0.2, -0.15) is 0 Å². The van der Waals surface area contributed by atoms with Gasteiger partial charge in [0, 0.05) is 17.9 Å². The molecule has 1 fully saturated rings. The lowest BCUT2D eigenvalue weighted by Gasteiger charge is -2.33. The van der Waals surface area contributed by atoms with E-state index in [1.807, 2.05) is 27.7 Å². The zero-order valence-corrected chi connectivity index (χ0v) is 16.0. The summed E-state index contributed by atoms with van der Waals surface area (Å²) >= 11 is 10.5. The normalized spacial score (nSPS) is 22.6. The van der Waals surface area contributed by atoms with Gasteiger partial charge < -0.3 is 13.8 Å². The SMILES string of the molecule is COCC(C)(C)CO[P+](=S)OP1(=S)OCC(C)(C)CO1. The molecule has 1 aliphatic rings. The Bertz CT molecular complexity index is 386. The molecule has 0 aromatic rings. The summed E-state index contributed by atoms with van der Waals surface area (Å²) < 4.78 is 27.3. The minimum absolute atomic E-state index is 0.0444. The predicted octanol–water partition coefficient (Wildman–Crippen LogP) is 3.76. The summed E-state index contributed by atoms with van der Waals surface area (Å²) in [5.41, 5.74) is -0.169. The Morgan fingerprint density at radius 3 is 2.30 bits per heavy atom. The molecule has 0 aromatic heterocycles. The molecule has 5 nitrogen and oxygen atoms in total. The number of rotatable bonds is 7. The Morgan fingerprint density at radius 2 is 1.80 bits per heavy atom. The minimum Gasteiger partial charge on any atom is -0.384 e. The maximum atomic E-state index is 5.56. The summed E-state index contributed by atoms with van der Waals surface area (Å²) in [5.74, 6) is 0. The first-order chi connectivity index (χ1) is 9.08. The summed E-state index contributed by atoms with van der Waals surface area (Å²) in [6.07, 6.45) is 0. The van der Waals surface area contributed by atoms with Gasteiger partial charge in [0.1, 0.15) is 6.61 Å². The lowest BCUT2D eigenvalue weighted by atomic mass is 9.97. The van der Waals surface area contributed by atoms with Crippen molar-refractivity contribution in [2.75, 3.05) is 33.5 Å². The average molecular weight is 361 g/mol. The van der Waals surface area contributed by atoms with Crippen LogP contribution in [0.4, 0.5) is 0 Å². The number of hydrogen-bond acceptors (Lipinski definition) is 7. The highest BCUT2D eigenvalue weighted by molar-refractivity contribution is 8.11. The van der Waals surface area contributed by atoms with Crippen molar-refractivity contribution in [3.8, 4) is 0 Å². The molecule has 0 radical (unpaired) electrons. The van der Waals surface area contributed by atoms with Crippen LogP contribution < -0.4 is 0 Å². The van der Waals surface area contributed by atoms with Crippen LogP contribution in [0.25, 0.3) is 0 Å². The molecule has 0 aliphatic carbocycles. The van der Waals surface area contributed by atoms with Crippen molar-refractivity contribution < 1.29 is 22.6 Å². The topological polar surface area (TPSA) is 46.2 Å². The molecule has 118 valence electrons. The number of methoxy groups -OCH3 is 1. The highest BCUT2D eigenvalue weighted by atomic mass is 32.5. The third-order valence-corrected chi connectivity index (χ3v) is 7.20. The van der Waals surface area contributed by atoms with Crippen LogP contribution >= 0.6 is 13.9 Å². The molecule has 0 bridgehead atoms. The standard InChI is InChI=1S/C11H23O5P2S2/c1-10(2,6-12-5)7-13-17(19)16-18(20)14-8-11(3,4)9-15-18/h6-9H2,1-5H3/q+1. The minimum atomic E-state index is -2.75. The summed E-state index contributed by atoms with van der Waals surface area (Å²) in [4.78, 5) is 0. The summed E-state index contributed by atoms with van der Waals surface area (Å²) in [5, 5.41) is 0. The molecule has 0 aromatic carbocycles. The second-order valence-corrected chi connectivity index (χ2v) is 11.3. The van der Waals surface area contributed by atoms with E-state index >= 15 is 0 Å². The van der Waals surface area contributed by atoms with Gasteiger partial charge in [0.15, 0.2) is 0 Å². The van der Waals surface area contributed by atoms with Gasteiger partial charge in [-0.3, -0.25) is 0 Å². The van der Waals surface area contributed by atoms with Crippen LogP contribution in [0, 0.1) is 10.8 Å². The first-order valence-electron chi connectivity index (χ1n) is 6.26. The first kappa shape index (κ1) is 19.0. The van der Waals surface area contributed by atoms with E-state index in [0.717, 1.165) is 0 Å². The second-order valence-electron chi connectivity index (χ2n) is 6.33. The van der Waals surface area contributed by atoms with Crippen LogP contribution in [0.15, 0.2) is 0 Å². The monoisotopic (exact) mass is 361 g/mol. The molecule has 1 rings (SSSR count). The van der Waals surface area contributed by atoms with Crippen molar-refractivity contribution in [1.29, 1.82) is 0 Å². The Morgan fingerprint density at radius 1 is 1.25 bits per heavy atom. The molecule has 1 aliphatic heterocycles. The second kappa shape index (κ2) is 7.49. The van der Waals surface area contributed by atoms with Crippen LogP contribution in [0.2, 0.25) is 0 Å². The highest BCUT2D eigenvalue weighted by Gasteiger charge is 2.40. The van der Waals surface area contributed by atoms with Gasteiger partial charge in [-0.1, -0.05) is 32.0 Å². The molecule has 0 spiro atoms. The van der Waals surface area contributed by atoms with Gasteiger partial charge in [-0.25, -0.2) is 0 Å². The van der Waals surface area contributed by atoms with Crippen molar-refractivity contribution in [2.45, 2.75) is 27.7 Å². The zero-order valence-electron chi connectivity index (χ0n) is 12.6. The fourth-order valence-corrected chi connectivity index (χ4v) is 6.35. The number of ether oxygens (including phenoxy) is 1. The molecule has 1 atom stereocenters. The van der Waals surface area contributed by atoms with E-state index < -0.39 is 13.9 Å². The van der Waals surface area contributed by atoms with E-state index in [0.29, 0.717) is 26.4 Å². The van der Waals surface area contributed by atoms with Crippen molar-refractivity contribution >= 4 is 37.5 Å². The highest BCUT2D eigenvalue weighted by Crippen LogP contribution is 2.60. The molecule has 20 heavy (non-hydrogen) atoms. The fourth-order valence-electron chi connectivity index (χ4n) is 1.40. The van der Waals surface area contributed by atoms with E-state index in [-0.39, 0.29) is 10.8 Å². The third-order valence-electron chi connectivity index (χ3n) is 2.49. The van der Waals surface area contributed by atoms with Crippen LogP contribution in [0.3, 0.4) is 0 Å². The largest absolute Gasteiger partial charge is 0.530 e. The van der Waals surface area contributed by atoms with Crippen molar-refractivity contribution in [3.63, 3.8) is 0 Å². The van der Waals surface area contributed by atoms with Gasteiger partial charge in [-0.05, 0) is 11.8 Å². The smallest absolute Gasteiger partial charge is 0.384 e. The van der Waals surface area contributed by atoms with Crippen LogP contribution in [0.5, 0.6) is 0 Å². The van der Waals surface area contributed by atoms with Gasteiger partial charge >= 0.3 is 13.9 Å². The van der Waals surface area contributed by atoms with E-state index in [1.54, 1.807) is 7.11 Å². The van der Waals surface area contributed by atoms with E-state index in [1.165, 1.54) is 0 Å². The van der Waals surface area contributed by atoms with Crippen LogP contribution in [-0.4, -0.2) is 33.5 Å². The summed E-state index contributed by atoms with van der Waals surface area (Å²) in [6, 6.07) is 0. The fraction of sp³-hybridized carbons (Fsp3) is 1.00. The lowest BCUT2D eigenvalue weighted by molar-refractivity contribution is 0.0383. The predicted molar refractivity (Wildman–Crippen MR) is 86.9 cm³/mol. The lowest BCUT2D eigenvalue weighted by Crippen LogP contribution is -2.29. The van der Waals surface area contributed by atoms with Gasteiger partial charge in [0.25, 0.3) is 0 Å². The zero-order chi connectivity index (χ0) is 15.4. The van der Waals surface area contributed by atoms with Crippen LogP contribution in [-0.2, 0) is 46.2 Å². The van der Waals surface area contributed by atoms with Crippen molar-refractivity contribution in [2.24, 2.45) is 10.8 Å². The molecule has 9 heteroatoms. The first-order valence-corrected chi connectivity index (χ1v) is 11.0. The molecule has 0 N–H and O–H groups in total. The Kier molecular flexibility index (Phi) is 7.12. The maximum absolute atomic E-state index is 5.56. The number of hydrogen-bond donors (Lipinski definition) is 0. The van der Waals surface area contributed by atoms with Crippen molar-refractivity contribution in [3.05, 3.63) is 0 Å². The Labute approximate surface area is 132 Å². The molecular formula is C11H23O5P2S2+. The quantitative estimate of drug-likeness (QED) is 0.640. The molecule has 1 saturated heterocycles. The van der Waals surface area contributed by atoms with Gasteiger partial charge in [0.2, 0.25) is 11.8 Å². The average Bonchev–Trinajstić information content (AvgIpc) is 2.32. The van der Waals surface area contributed by atoms with E-state index in [4.69, 9.17) is 46.2 Å².